The molecule has 1 aromatic carbocycles. The summed E-state index contributed by atoms with van der Waals surface area (Å²) in [6, 6.07) is 8.57. The normalized spacial score (nSPS) is 10.5. The van der Waals surface area contributed by atoms with Crippen molar-refractivity contribution in [2.45, 2.75) is 19.6 Å². The molecule has 25 heavy (non-hydrogen) atoms. The molecule has 0 fully saturated rings. The molecule has 0 bridgehead atoms. The first-order chi connectivity index (χ1) is 12.0. The van der Waals surface area contributed by atoms with Crippen molar-refractivity contribution in [1.29, 1.82) is 5.26 Å². The molecule has 0 saturated carbocycles. The minimum atomic E-state index is -0.318. The summed E-state index contributed by atoms with van der Waals surface area (Å²) in [6.07, 6.45) is 4.11. The molecule has 0 unspecified atom stereocenters. The summed E-state index contributed by atoms with van der Waals surface area (Å²) in [6.45, 7) is 1.79. The molecule has 6 nitrogen and oxygen atoms in total. The number of aromatic nitrogens is 2. The molecule has 7 heteroatoms. The van der Waals surface area contributed by atoms with Crippen LogP contribution in [-0.4, -0.2) is 29.6 Å². The first kappa shape index (κ1) is 18.5. The first-order valence-electron chi connectivity index (χ1n) is 8.16. The summed E-state index contributed by atoms with van der Waals surface area (Å²) >= 11 is 0. The molecule has 0 N–H and O–H groups in total. The first-order valence-corrected chi connectivity index (χ1v) is 8.16. The maximum atomic E-state index is 12.7. The number of hydrogen-bond acceptors (Lipinski definition) is 4. The fourth-order valence-electron chi connectivity index (χ4n) is 2.93. The van der Waals surface area contributed by atoms with Crippen LogP contribution in [0.15, 0.2) is 36.7 Å². The van der Waals surface area contributed by atoms with Gasteiger partial charge in [-0.05, 0) is 19.1 Å². The number of ether oxygens (including phenoxy) is 1. The van der Waals surface area contributed by atoms with Crippen molar-refractivity contribution >= 4 is 24.2 Å². The van der Waals surface area contributed by atoms with E-state index >= 15 is 0 Å². The predicted octanol–water partition coefficient (Wildman–Crippen LogP) is 0.869. The van der Waals surface area contributed by atoms with Crippen LogP contribution < -0.4 is 10.3 Å². The van der Waals surface area contributed by atoms with Gasteiger partial charge in [0.15, 0.2) is 0 Å². The van der Waals surface area contributed by atoms with E-state index in [-0.39, 0.29) is 31.1 Å². The Morgan fingerprint density at radius 2 is 1.96 bits per heavy atom. The van der Waals surface area contributed by atoms with Crippen LogP contribution in [0.5, 0.6) is 0 Å². The van der Waals surface area contributed by atoms with Crippen molar-refractivity contribution in [2.24, 2.45) is 14.1 Å². The average molecular weight is 338 g/mol. The minimum Gasteiger partial charge on any atom is -0.468 e. The number of nitriles is 1. The van der Waals surface area contributed by atoms with Crippen LogP contribution in [0.4, 0.5) is 0 Å². The number of rotatable bonds is 7. The predicted molar refractivity (Wildman–Crippen MR) is 93.7 cm³/mol. The highest BCUT2D eigenvalue weighted by molar-refractivity contribution is 6.76. The van der Waals surface area contributed by atoms with Gasteiger partial charge in [-0.25, -0.2) is 0 Å². The number of carbonyl (C=O) groups excluding carboxylic acids is 2. The minimum absolute atomic E-state index is 0.0695. The molecule has 0 atom stereocenters. The standard InChI is InChI=1S/C18H21BN3O3/c1-4-25-17(24)12-19(18-21(2)9-10-22(18)3)11-16(23)15-7-5-14(13-20)6-8-15/h5-10H,4,11-12H2,1-3H3. The van der Waals surface area contributed by atoms with E-state index in [1.165, 1.54) is 0 Å². The molecule has 0 amide bonds. The van der Waals surface area contributed by atoms with Crippen LogP contribution in [0.3, 0.4) is 0 Å². The van der Waals surface area contributed by atoms with Crippen molar-refractivity contribution < 1.29 is 18.9 Å². The van der Waals surface area contributed by atoms with Gasteiger partial charge in [-0.3, -0.25) is 18.7 Å². The Labute approximate surface area is 147 Å². The second-order valence-corrected chi connectivity index (χ2v) is 5.90. The summed E-state index contributed by atoms with van der Waals surface area (Å²) in [5.41, 5.74) is 1.92. The Morgan fingerprint density at radius 3 is 2.48 bits per heavy atom. The topological polar surface area (TPSA) is 76.0 Å². The summed E-state index contributed by atoms with van der Waals surface area (Å²) in [5.74, 6) is -0.388. The third-order valence-corrected chi connectivity index (χ3v) is 4.09. The van der Waals surface area contributed by atoms with Crippen LogP contribution in [0, 0.1) is 11.3 Å². The van der Waals surface area contributed by atoms with Gasteiger partial charge in [0.2, 0.25) is 0 Å². The Morgan fingerprint density at radius 1 is 1.28 bits per heavy atom. The maximum absolute atomic E-state index is 12.7. The molecule has 1 aromatic heterocycles. The molecule has 0 saturated heterocycles. The van der Waals surface area contributed by atoms with Crippen molar-refractivity contribution in [3.8, 4) is 6.07 Å². The van der Waals surface area contributed by atoms with Gasteiger partial charge >= 0.3 is 0 Å². The van der Waals surface area contributed by atoms with Gasteiger partial charge in [0.05, 0.1) is 32.3 Å². The largest absolute Gasteiger partial charge is 0.468 e. The van der Waals surface area contributed by atoms with Crippen molar-refractivity contribution in [3.63, 3.8) is 0 Å². The fourth-order valence-corrected chi connectivity index (χ4v) is 2.93. The lowest BCUT2D eigenvalue weighted by atomic mass is 9.43. The molecule has 0 spiro atoms. The molecule has 2 aromatic rings. The highest BCUT2D eigenvalue weighted by Gasteiger charge is 2.20. The summed E-state index contributed by atoms with van der Waals surface area (Å²) < 4.78 is 8.89. The number of hydrogen-bond donors (Lipinski definition) is 0. The molecule has 129 valence electrons. The summed E-state index contributed by atoms with van der Waals surface area (Å²) in [4.78, 5) is 24.6. The van der Waals surface area contributed by atoms with Gasteiger partial charge in [-0.1, -0.05) is 18.5 Å². The highest BCUT2D eigenvalue weighted by Crippen LogP contribution is 2.11. The van der Waals surface area contributed by atoms with Crippen LogP contribution in [0.25, 0.3) is 0 Å². The lowest BCUT2D eigenvalue weighted by Gasteiger charge is -2.22. The zero-order valence-electron chi connectivity index (χ0n) is 14.7. The third-order valence-electron chi connectivity index (χ3n) is 4.09. The van der Waals surface area contributed by atoms with Gasteiger partial charge in [-0.2, -0.15) is 5.26 Å². The van der Waals surface area contributed by atoms with Crippen LogP contribution in [0.2, 0.25) is 12.6 Å². The van der Waals surface area contributed by atoms with E-state index in [1.807, 2.05) is 41.7 Å². The summed E-state index contributed by atoms with van der Waals surface area (Å²) in [7, 11) is 3.78. The molecule has 0 aliphatic rings. The zero-order chi connectivity index (χ0) is 18.4. The van der Waals surface area contributed by atoms with Gasteiger partial charge in [-0.15, -0.1) is 6.32 Å². The van der Waals surface area contributed by atoms with Gasteiger partial charge in [0.1, 0.15) is 18.2 Å². The number of aryl methyl sites for hydroxylation is 2. The number of Topliss-reactive ketones (excluding diaryl/α,β-unsaturated/α-hetero) is 1. The third kappa shape index (κ3) is 4.57. The van der Waals surface area contributed by atoms with Crippen molar-refractivity contribution in [3.05, 3.63) is 47.8 Å². The van der Waals surface area contributed by atoms with E-state index < -0.39 is 0 Å². The highest BCUT2D eigenvalue weighted by atomic mass is 16.5. The molecule has 1 radical (unpaired) electrons. The van der Waals surface area contributed by atoms with Crippen molar-refractivity contribution in [2.75, 3.05) is 6.61 Å². The van der Waals surface area contributed by atoms with E-state index in [4.69, 9.17) is 10.00 Å². The molecule has 1 heterocycles. The number of nitrogens with zero attached hydrogens (tertiary/aromatic N) is 3. The van der Waals surface area contributed by atoms with E-state index in [9.17, 15) is 9.59 Å². The van der Waals surface area contributed by atoms with E-state index in [0.29, 0.717) is 17.7 Å². The van der Waals surface area contributed by atoms with Gasteiger partial charge < -0.3 is 4.74 Å². The van der Waals surface area contributed by atoms with Crippen molar-refractivity contribution in [1.82, 2.24) is 4.57 Å². The quantitative estimate of drug-likeness (QED) is 0.325. The Hall–Kier alpha value is -2.88. The number of imidazole rings is 1. The molecule has 2 rings (SSSR count). The Kier molecular flexibility index (Phi) is 6.12. The zero-order valence-corrected chi connectivity index (χ0v) is 14.7. The molecule has 0 aliphatic heterocycles. The number of ketones is 1. The average Bonchev–Trinajstić information content (AvgIpc) is 2.93. The SMILES string of the molecule is CCOC(=O)C[B-](CC(=O)c1ccc(C#N)cc1)c1n(C)cc[n+]1C. The van der Waals surface area contributed by atoms with Gasteiger partial charge in [0.25, 0.3) is 5.97 Å². The second kappa shape index (κ2) is 8.29. The smallest absolute Gasteiger partial charge is 0.268 e. The number of carbonyl (C=O) groups is 2. The molecular weight excluding hydrogens is 317 g/mol. The fraction of sp³-hybridized carbons (Fsp3) is 0.333. The van der Waals surface area contributed by atoms with E-state index in [1.54, 1.807) is 31.2 Å². The van der Waals surface area contributed by atoms with E-state index in [0.717, 1.165) is 5.72 Å². The summed E-state index contributed by atoms with van der Waals surface area (Å²) in [5, 5.41) is 8.86. The molecular formula is C18H21BN3O3. The van der Waals surface area contributed by atoms with E-state index in [2.05, 4.69) is 0 Å². The van der Waals surface area contributed by atoms with Crippen LogP contribution >= 0.6 is 0 Å². The second-order valence-electron chi connectivity index (χ2n) is 5.90. The maximum Gasteiger partial charge on any atom is 0.268 e. The van der Waals surface area contributed by atoms with Gasteiger partial charge in [0, 0.05) is 18.0 Å². The monoisotopic (exact) mass is 338 g/mol. The Balaban J connectivity index is 2.24. The Bertz CT molecular complexity index is 786. The molecule has 0 aliphatic carbocycles. The number of esters is 1. The lowest BCUT2D eigenvalue weighted by molar-refractivity contribution is -0.653. The van der Waals surface area contributed by atoms with Crippen LogP contribution in [-0.2, 0) is 23.6 Å². The number of benzene rings is 1. The van der Waals surface area contributed by atoms with Crippen LogP contribution in [0.1, 0.15) is 22.8 Å². The lowest BCUT2D eigenvalue weighted by Crippen LogP contribution is -2.56.